The highest BCUT2D eigenvalue weighted by Gasteiger charge is 2.28. The summed E-state index contributed by atoms with van der Waals surface area (Å²) in [6.07, 6.45) is 7.36. The molecule has 0 aromatic heterocycles. The van der Waals surface area contributed by atoms with E-state index in [2.05, 4.69) is 10.2 Å². The Labute approximate surface area is 217 Å². The largest absolute Gasteiger partial charge is 0.454 e. The third kappa shape index (κ3) is 5.43. The summed E-state index contributed by atoms with van der Waals surface area (Å²) in [5, 5.41) is 12.6. The molecule has 10 heteroatoms. The molecule has 0 spiro atoms. The number of nitrogens with one attached hydrogen (secondary N) is 1. The van der Waals surface area contributed by atoms with Gasteiger partial charge in [-0.25, -0.2) is 8.42 Å². The zero-order chi connectivity index (χ0) is 25.8. The molecular weight excluding hydrogens is 492 g/mol. The van der Waals surface area contributed by atoms with Gasteiger partial charge in [-0.2, -0.15) is 9.57 Å². The minimum absolute atomic E-state index is 0.104. The second kappa shape index (κ2) is 10.8. The Morgan fingerprint density at radius 3 is 2.35 bits per heavy atom. The van der Waals surface area contributed by atoms with Crippen molar-refractivity contribution in [2.24, 2.45) is 0 Å². The molecule has 0 unspecified atom stereocenters. The molecule has 0 atom stereocenters. The summed E-state index contributed by atoms with van der Waals surface area (Å²) >= 11 is 0. The predicted molar refractivity (Wildman–Crippen MR) is 140 cm³/mol. The van der Waals surface area contributed by atoms with Gasteiger partial charge >= 0.3 is 0 Å². The summed E-state index contributed by atoms with van der Waals surface area (Å²) in [5.41, 5.74) is 1.66. The topological polar surface area (TPSA) is 112 Å². The maximum absolute atomic E-state index is 13.4. The van der Waals surface area contributed by atoms with Crippen LogP contribution in [0.5, 0.6) is 11.5 Å². The Hall–Kier alpha value is -3.55. The van der Waals surface area contributed by atoms with Crippen LogP contribution in [0.3, 0.4) is 0 Å². The molecule has 3 aliphatic rings. The molecule has 5 rings (SSSR count). The van der Waals surface area contributed by atoms with Crippen molar-refractivity contribution in [3.63, 3.8) is 0 Å². The van der Waals surface area contributed by atoms with Gasteiger partial charge in [0, 0.05) is 26.2 Å². The van der Waals surface area contributed by atoms with E-state index in [0.717, 1.165) is 57.3 Å². The number of benzene rings is 2. The van der Waals surface area contributed by atoms with Gasteiger partial charge in [0.15, 0.2) is 11.5 Å². The van der Waals surface area contributed by atoms with Crippen molar-refractivity contribution >= 4 is 33.4 Å². The van der Waals surface area contributed by atoms with E-state index >= 15 is 0 Å². The molecule has 3 aliphatic heterocycles. The number of hydrogen-bond acceptors (Lipinski definition) is 7. The Morgan fingerprint density at radius 1 is 0.919 bits per heavy atom. The second-order valence-corrected chi connectivity index (χ2v) is 11.4. The lowest BCUT2D eigenvalue weighted by Crippen LogP contribution is -2.36. The third-order valence-corrected chi connectivity index (χ3v) is 8.83. The van der Waals surface area contributed by atoms with Crippen LogP contribution in [0.25, 0.3) is 6.08 Å². The number of carbonyl (C=O) groups is 1. The monoisotopic (exact) mass is 522 g/mol. The molecular formula is C27H30N4O5S. The molecule has 194 valence electrons. The molecule has 9 nitrogen and oxygen atoms in total. The SMILES string of the molecule is N#C/C(=C\c1ccc2c(c1)OCO2)C(=O)Nc1cc(S(=O)(=O)N2CCCCC2)ccc1N1CCCCC1. The highest BCUT2D eigenvalue weighted by atomic mass is 32.2. The molecule has 1 amide bonds. The zero-order valence-corrected chi connectivity index (χ0v) is 21.4. The Bertz CT molecular complexity index is 1350. The minimum Gasteiger partial charge on any atom is -0.454 e. The molecule has 0 bridgehead atoms. The smallest absolute Gasteiger partial charge is 0.266 e. The van der Waals surface area contributed by atoms with E-state index < -0.39 is 15.9 Å². The van der Waals surface area contributed by atoms with Crippen LogP contribution in [0.1, 0.15) is 44.1 Å². The lowest BCUT2D eigenvalue weighted by molar-refractivity contribution is -0.112. The van der Waals surface area contributed by atoms with E-state index in [1.165, 1.54) is 16.4 Å². The first-order chi connectivity index (χ1) is 18.0. The van der Waals surface area contributed by atoms with Gasteiger partial charge in [0.05, 0.1) is 16.3 Å². The molecule has 2 fully saturated rings. The number of nitrogens with zero attached hydrogens (tertiary/aromatic N) is 3. The van der Waals surface area contributed by atoms with Crippen molar-refractivity contribution in [1.82, 2.24) is 4.31 Å². The number of rotatable bonds is 6. The summed E-state index contributed by atoms with van der Waals surface area (Å²) in [5.74, 6) is 0.554. The zero-order valence-electron chi connectivity index (χ0n) is 20.6. The lowest BCUT2D eigenvalue weighted by Gasteiger charge is -2.31. The van der Waals surface area contributed by atoms with Crippen LogP contribution in [0.2, 0.25) is 0 Å². The fourth-order valence-corrected chi connectivity index (χ4v) is 6.49. The normalized spacial score (nSPS) is 18.4. The van der Waals surface area contributed by atoms with Crippen molar-refractivity contribution in [3.8, 4) is 17.6 Å². The molecule has 37 heavy (non-hydrogen) atoms. The van der Waals surface area contributed by atoms with Crippen LogP contribution < -0.4 is 19.7 Å². The number of sulfonamides is 1. The van der Waals surface area contributed by atoms with E-state index in [0.29, 0.717) is 35.8 Å². The van der Waals surface area contributed by atoms with E-state index in [-0.39, 0.29) is 17.3 Å². The number of amides is 1. The number of hydrogen-bond donors (Lipinski definition) is 1. The van der Waals surface area contributed by atoms with Gasteiger partial charge in [-0.15, -0.1) is 0 Å². The first-order valence-electron chi connectivity index (χ1n) is 12.7. The van der Waals surface area contributed by atoms with Crippen molar-refractivity contribution in [2.45, 2.75) is 43.4 Å². The van der Waals surface area contributed by atoms with Gasteiger partial charge in [0.2, 0.25) is 16.8 Å². The maximum atomic E-state index is 13.4. The van der Waals surface area contributed by atoms with Gasteiger partial charge in [-0.1, -0.05) is 12.5 Å². The van der Waals surface area contributed by atoms with E-state index in [4.69, 9.17) is 9.47 Å². The molecule has 2 aromatic rings. The fourth-order valence-electron chi connectivity index (χ4n) is 4.95. The van der Waals surface area contributed by atoms with Crippen LogP contribution in [0.4, 0.5) is 11.4 Å². The highest BCUT2D eigenvalue weighted by Crippen LogP contribution is 2.34. The van der Waals surface area contributed by atoms with Crippen molar-refractivity contribution in [2.75, 3.05) is 43.2 Å². The molecule has 0 saturated carbocycles. The summed E-state index contributed by atoms with van der Waals surface area (Å²) in [6.45, 7) is 2.76. The molecule has 2 aromatic carbocycles. The Balaban J connectivity index is 1.46. The van der Waals surface area contributed by atoms with Crippen molar-refractivity contribution < 1.29 is 22.7 Å². The Morgan fingerprint density at radius 2 is 1.62 bits per heavy atom. The first kappa shape index (κ1) is 25.1. The molecule has 3 heterocycles. The summed E-state index contributed by atoms with van der Waals surface area (Å²) in [7, 11) is -3.69. The minimum atomic E-state index is -3.69. The molecule has 0 radical (unpaired) electrons. The van der Waals surface area contributed by atoms with Crippen LogP contribution in [-0.4, -0.2) is 51.6 Å². The maximum Gasteiger partial charge on any atom is 0.266 e. The number of piperidine rings is 2. The first-order valence-corrected chi connectivity index (χ1v) is 14.1. The summed E-state index contributed by atoms with van der Waals surface area (Å²) in [4.78, 5) is 15.5. The Kier molecular flexibility index (Phi) is 7.35. The standard InChI is InChI=1S/C27H30N4O5S/c28-18-21(15-20-7-10-25-26(16-20)36-19-35-25)27(32)29-23-17-22(37(33,34)31-13-5-2-6-14-31)8-9-24(23)30-11-3-1-4-12-30/h7-10,15-17H,1-6,11-14,19H2,(H,29,32)/b21-15+. The molecule has 2 saturated heterocycles. The number of anilines is 2. The van der Waals surface area contributed by atoms with Gasteiger partial charge in [-0.05, 0) is 74.1 Å². The van der Waals surface area contributed by atoms with E-state index in [1.807, 2.05) is 6.07 Å². The van der Waals surface area contributed by atoms with Crippen LogP contribution in [0, 0.1) is 11.3 Å². The average Bonchev–Trinajstić information content (AvgIpc) is 3.40. The third-order valence-electron chi connectivity index (χ3n) is 6.94. The van der Waals surface area contributed by atoms with Gasteiger partial charge in [0.25, 0.3) is 5.91 Å². The van der Waals surface area contributed by atoms with Gasteiger partial charge in [-0.3, -0.25) is 4.79 Å². The fraction of sp³-hybridized carbons (Fsp3) is 0.407. The van der Waals surface area contributed by atoms with Crippen molar-refractivity contribution in [3.05, 3.63) is 47.5 Å². The lowest BCUT2D eigenvalue weighted by atomic mass is 10.1. The van der Waals surface area contributed by atoms with Crippen LogP contribution >= 0.6 is 0 Å². The van der Waals surface area contributed by atoms with Gasteiger partial charge < -0.3 is 19.7 Å². The summed E-state index contributed by atoms with van der Waals surface area (Å²) < 4.78 is 38.9. The molecule has 1 N–H and O–H groups in total. The summed E-state index contributed by atoms with van der Waals surface area (Å²) in [6, 6.07) is 12.1. The highest BCUT2D eigenvalue weighted by molar-refractivity contribution is 7.89. The average molecular weight is 523 g/mol. The van der Waals surface area contributed by atoms with Crippen LogP contribution in [0.15, 0.2) is 46.9 Å². The second-order valence-electron chi connectivity index (χ2n) is 9.43. The quantitative estimate of drug-likeness (QED) is 0.449. The molecule has 0 aliphatic carbocycles. The van der Waals surface area contributed by atoms with Gasteiger partial charge in [0.1, 0.15) is 11.6 Å². The van der Waals surface area contributed by atoms with Crippen LogP contribution in [-0.2, 0) is 14.8 Å². The van der Waals surface area contributed by atoms with E-state index in [1.54, 1.807) is 30.3 Å². The van der Waals surface area contributed by atoms with E-state index in [9.17, 15) is 18.5 Å². The predicted octanol–water partition coefficient (Wildman–Crippen LogP) is 4.13. The number of fused-ring (bicyclic) bond motifs is 1. The number of nitriles is 1. The van der Waals surface area contributed by atoms with Crippen molar-refractivity contribution in [1.29, 1.82) is 5.26 Å². The number of ether oxygens (including phenoxy) is 2. The number of carbonyl (C=O) groups excluding carboxylic acids is 1.